The Morgan fingerprint density at radius 2 is 2.08 bits per heavy atom. The fourth-order valence-electron chi connectivity index (χ4n) is 5.21. The van der Waals surface area contributed by atoms with Gasteiger partial charge in [0.1, 0.15) is 23.2 Å². The van der Waals surface area contributed by atoms with Crippen LogP contribution in [0.1, 0.15) is 45.4 Å². The molecule has 0 saturated heterocycles. The van der Waals surface area contributed by atoms with E-state index in [9.17, 15) is 9.18 Å². The lowest BCUT2D eigenvalue weighted by molar-refractivity contribution is -0.134. The summed E-state index contributed by atoms with van der Waals surface area (Å²) in [5.41, 5.74) is 2.96. The second kappa shape index (κ2) is 5.91. The number of benzene rings is 1. The highest BCUT2D eigenvalue weighted by atomic mass is 32.1. The molecular formula is C20H23FN2O2S. The van der Waals surface area contributed by atoms with Crippen LogP contribution < -0.4 is 10.1 Å². The van der Waals surface area contributed by atoms with Crippen LogP contribution in [-0.2, 0) is 4.79 Å². The van der Waals surface area contributed by atoms with Crippen molar-refractivity contribution in [1.82, 2.24) is 10.3 Å². The highest BCUT2D eigenvalue weighted by molar-refractivity contribution is 7.16. The van der Waals surface area contributed by atoms with E-state index in [1.165, 1.54) is 36.3 Å². The standard InChI is InChI=1S/C20H23FN2O2S/c1-11-6-20(7-11)8-14(9-20)23-19(24)12-2-15(3-12)25-16-4-13(21)5-17-18(16)22-10-26-17/h4-5,10-12,14-15H,2-3,6-9H2,1H3,(H,23,24). The lowest BCUT2D eigenvalue weighted by Crippen LogP contribution is -2.57. The van der Waals surface area contributed by atoms with Crippen LogP contribution in [0.15, 0.2) is 17.6 Å². The molecule has 1 heterocycles. The lowest BCUT2D eigenvalue weighted by atomic mass is 9.50. The summed E-state index contributed by atoms with van der Waals surface area (Å²) < 4.78 is 20.4. The van der Waals surface area contributed by atoms with E-state index in [1.54, 1.807) is 5.51 Å². The van der Waals surface area contributed by atoms with E-state index < -0.39 is 0 Å². The maximum Gasteiger partial charge on any atom is 0.223 e. The average Bonchev–Trinajstić information content (AvgIpc) is 2.94. The van der Waals surface area contributed by atoms with Gasteiger partial charge < -0.3 is 10.1 Å². The topological polar surface area (TPSA) is 51.2 Å². The average molecular weight is 374 g/mol. The molecule has 1 N–H and O–H groups in total. The predicted molar refractivity (Wildman–Crippen MR) is 98.7 cm³/mol. The molecule has 0 radical (unpaired) electrons. The van der Waals surface area contributed by atoms with E-state index >= 15 is 0 Å². The second-order valence-electron chi connectivity index (χ2n) is 8.64. The predicted octanol–water partition coefficient (Wildman–Crippen LogP) is 4.29. The monoisotopic (exact) mass is 374 g/mol. The van der Waals surface area contributed by atoms with Gasteiger partial charge in [-0.2, -0.15) is 0 Å². The van der Waals surface area contributed by atoms with Crippen LogP contribution in [0.3, 0.4) is 0 Å². The maximum absolute atomic E-state index is 13.7. The Balaban J connectivity index is 1.12. The van der Waals surface area contributed by atoms with Crippen LogP contribution in [0.5, 0.6) is 5.75 Å². The molecule has 1 aromatic carbocycles. The summed E-state index contributed by atoms with van der Waals surface area (Å²) in [5, 5.41) is 3.21. The number of thiazole rings is 1. The van der Waals surface area contributed by atoms with E-state index in [0.29, 0.717) is 35.6 Å². The van der Waals surface area contributed by atoms with E-state index in [0.717, 1.165) is 23.5 Å². The molecule has 4 nitrogen and oxygen atoms in total. The Hall–Kier alpha value is -1.69. The van der Waals surface area contributed by atoms with Gasteiger partial charge in [-0.3, -0.25) is 4.79 Å². The molecule has 138 valence electrons. The number of fused-ring (bicyclic) bond motifs is 1. The van der Waals surface area contributed by atoms with Gasteiger partial charge in [0.2, 0.25) is 5.91 Å². The molecular weight excluding hydrogens is 351 g/mol. The third-order valence-electron chi connectivity index (χ3n) is 6.39. The number of ether oxygens (including phenoxy) is 1. The van der Waals surface area contributed by atoms with Crippen molar-refractivity contribution < 1.29 is 13.9 Å². The van der Waals surface area contributed by atoms with Crippen LogP contribution in [0.2, 0.25) is 0 Å². The molecule has 1 aromatic heterocycles. The van der Waals surface area contributed by atoms with Crippen LogP contribution in [0, 0.1) is 23.1 Å². The largest absolute Gasteiger partial charge is 0.488 e. The highest BCUT2D eigenvalue weighted by Crippen LogP contribution is 2.58. The molecule has 1 amide bonds. The SMILES string of the molecule is CC1CC2(C1)CC(NC(=O)C1CC(Oc3cc(F)cc4scnc34)C1)C2. The number of halogens is 1. The van der Waals surface area contributed by atoms with Gasteiger partial charge in [-0.15, -0.1) is 11.3 Å². The lowest BCUT2D eigenvalue weighted by Gasteiger charge is -2.57. The first kappa shape index (κ1) is 16.5. The van der Waals surface area contributed by atoms with Crippen molar-refractivity contribution in [1.29, 1.82) is 0 Å². The zero-order valence-electron chi connectivity index (χ0n) is 14.8. The summed E-state index contributed by atoms with van der Waals surface area (Å²) in [5.74, 6) is 1.23. The van der Waals surface area contributed by atoms with Gasteiger partial charge in [0.15, 0.2) is 0 Å². The molecule has 3 fully saturated rings. The number of hydrogen-bond acceptors (Lipinski definition) is 4. The molecule has 2 aromatic rings. The molecule has 5 rings (SSSR count). The number of amides is 1. The normalized spacial score (nSPS) is 35.5. The van der Waals surface area contributed by atoms with Crippen molar-refractivity contribution in [3.05, 3.63) is 23.5 Å². The van der Waals surface area contributed by atoms with Gasteiger partial charge >= 0.3 is 0 Å². The Bertz CT molecular complexity index is 847. The maximum atomic E-state index is 13.7. The first-order chi connectivity index (χ1) is 12.5. The van der Waals surface area contributed by atoms with Crippen molar-refractivity contribution >= 4 is 27.5 Å². The number of hydrogen-bond donors (Lipinski definition) is 1. The van der Waals surface area contributed by atoms with Gasteiger partial charge in [-0.25, -0.2) is 9.37 Å². The fourth-order valence-corrected chi connectivity index (χ4v) is 5.92. The third-order valence-corrected chi connectivity index (χ3v) is 7.17. The Kier molecular flexibility index (Phi) is 3.75. The van der Waals surface area contributed by atoms with Gasteiger partial charge in [0.25, 0.3) is 0 Å². The molecule has 0 bridgehead atoms. The van der Waals surface area contributed by atoms with Gasteiger partial charge in [0, 0.05) is 18.0 Å². The number of nitrogens with one attached hydrogen (secondary N) is 1. The second-order valence-corrected chi connectivity index (χ2v) is 9.52. The van der Waals surface area contributed by atoms with Gasteiger partial charge in [-0.05, 0) is 55.9 Å². The van der Waals surface area contributed by atoms with Crippen LogP contribution in [0.4, 0.5) is 4.39 Å². The summed E-state index contributed by atoms with van der Waals surface area (Å²) in [4.78, 5) is 16.7. The van der Waals surface area contributed by atoms with Crippen LogP contribution in [-0.4, -0.2) is 23.0 Å². The van der Waals surface area contributed by atoms with Gasteiger partial charge in [0.05, 0.1) is 10.2 Å². The van der Waals surface area contributed by atoms with Crippen molar-refractivity contribution in [2.45, 2.75) is 57.6 Å². The van der Waals surface area contributed by atoms with E-state index in [1.807, 2.05) is 0 Å². The van der Waals surface area contributed by atoms with E-state index in [4.69, 9.17) is 4.74 Å². The Morgan fingerprint density at radius 1 is 1.31 bits per heavy atom. The Morgan fingerprint density at radius 3 is 2.81 bits per heavy atom. The molecule has 3 saturated carbocycles. The number of nitrogens with zero attached hydrogens (tertiary/aromatic N) is 1. The molecule has 0 atom stereocenters. The summed E-state index contributed by atoms with van der Waals surface area (Å²) in [6.07, 6.45) is 6.33. The summed E-state index contributed by atoms with van der Waals surface area (Å²) in [7, 11) is 0. The molecule has 6 heteroatoms. The molecule has 26 heavy (non-hydrogen) atoms. The van der Waals surface area contributed by atoms with E-state index in [-0.39, 0.29) is 23.7 Å². The minimum atomic E-state index is -0.311. The molecule has 3 aliphatic carbocycles. The van der Waals surface area contributed by atoms with Crippen LogP contribution >= 0.6 is 11.3 Å². The first-order valence-electron chi connectivity index (χ1n) is 9.49. The minimum Gasteiger partial charge on any atom is -0.488 e. The summed E-state index contributed by atoms with van der Waals surface area (Å²) >= 11 is 1.40. The van der Waals surface area contributed by atoms with Crippen molar-refractivity contribution in [3.8, 4) is 5.75 Å². The van der Waals surface area contributed by atoms with Crippen LogP contribution in [0.25, 0.3) is 10.2 Å². The zero-order chi connectivity index (χ0) is 17.9. The van der Waals surface area contributed by atoms with Crippen molar-refractivity contribution in [2.75, 3.05) is 0 Å². The minimum absolute atomic E-state index is 0.0244. The molecule has 3 aliphatic rings. The Labute approximate surface area is 156 Å². The third kappa shape index (κ3) is 2.79. The number of carbonyl (C=O) groups excluding carboxylic acids is 1. The fraction of sp³-hybridized carbons (Fsp3) is 0.600. The summed E-state index contributed by atoms with van der Waals surface area (Å²) in [6.45, 7) is 2.31. The highest BCUT2D eigenvalue weighted by Gasteiger charge is 2.52. The van der Waals surface area contributed by atoms with Crippen molar-refractivity contribution in [3.63, 3.8) is 0 Å². The van der Waals surface area contributed by atoms with Gasteiger partial charge in [-0.1, -0.05) is 6.92 Å². The first-order valence-corrected chi connectivity index (χ1v) is 10.4. The molecule has 1 spiro atoms. The molecule has 0 unspecified atom stereocenters. The van der Waals surface area contributed by atoms with Crippen molar-refractivity contribution in [2.24, 2.45) is 17.3 Å². The molecule has 0 aliphatic heterocycles. The smallest absolute Gasteiger partial charge is 0.223 e. The quantitative estimate of drug-likeness (QED) is 0.869. The van der Waals surface area contributed by atoms with E-state index in [2.05, 4.69) is 17.2 Å². The zero-order valence-corrected chi connectivity index (χ0v) is 15.7. The number of carbonyl (C=O) groups is 1. The number of aromatic nitrogens is 1. The summed E-state index contributed by atoms with van der Waals surface area (Å²) in [6, 6.07) is 3.24. The number of rotatable bonds is 4.